The van der Waals surface area contributed by atoms with Crippen molar-refractivity contribution >= 4 is 33.0 Å². The third-order valence-electron chi connectivity index (χ3n) is 2.47. The van der Waals surface area contributed by atoms with Gasteiger partial charge in [0.05, 0.1) is 0 Å². The maximum Gasteiger partial charge on any atom is 0.250 e. The number of thiophene rings is 1. The molecule has 0 fully saturated rings. The van der Waals surface area contributed by atoms with Crippen LogP contribution >= 0.6 is 22.9 Å². The molecule has 1 rings (SSSR count). The molecule has 1 aromatic heterocycles. The fourth-order valence-corrected chi connectivity index (χ4v) is 4.18. The Hall–Kier alpha value is -0.100. The van der Waals surface area contributed by atoms with Gasteiger partial charge in [0.1, 0.15) is 4.21 Å². The van der Waals surface area contributed by atoms with Gasteiger partial charge in [0.15, 0.2) is 0 Å². The summed E-state index contributed by atoms with van der Waals surface area (Å²) < 4.78 is 26.9. The van der Waals surface area contributed by atoms with Crippen molar-refractivity contribution in [2.24, 2.45) is 5.92 Å². The standard InChI is InChI=1S/C11H18ClNO2S2/c1-3-10-4-5-11(16-10)17(14,15)13-8-9(2)6-7-12/h4-5,9,13H,3,6-8H2,1-2H3. The summed E-state index contributed by atoms with van der Waals surface area (Å²) in [5, 5.41) is 0. The zero-order valence-corrected chi connectivity index (χ0v) is 12.5. The molecule has 1 N–H and O–H groups in total. The quantitative estimate of drug-likeness (QED) is 0.786. The third-order valence-corrected chi connectivity index (χ3v) is 5.84. The molecule has 0 bridgehead atoms. The van der Waals surface area contributed by atoms with Gasteiger partial charge < -0.3 is 0 Å². The lowest BCUT2D eigenvalue weighted by atomic mass is 10.1. The van der Waals surface area contributed by atoms with Gasteiger partial charge in [0.25, 0.3) is 0 Å². The molecule has 0 aliphatic rings. The van der Waals surface area contributed by atoms with E-state index >= 15 is 0 Å². The Labute approximate surface area is 112 Å². The van der Waals surface area contributed by atoms with Crippen LogP contribution in [0.2, 0.25) is 0 Å². The molecule has 0 aliphatic carbocycles. The number of halogens is 1. The first kappa shape index (κ1) is 15.0. The molecule has 3 nitrogen and oxygen atoms in total. The lowest BCUT2D eigenvalue weighted by molar-refractivity contribution is 0.531. The molecule has 17 heavy (non-hydrogen) atoms. The molecule has 0 aliphatic heterocycles. The Kier molecular flexibility index (Phi) is 5.92. The molecule has 98 valence electrons. The van der Waals surface area contributed by atoms with Crippen molar-refractivity contribution in [2.75, 3.05) is 12.4 Å². The highest BCUT2D eigenvalue weighted by molar-refractivity contribution is 7.91. The molecule has 0 radical (unpaired) electrons. The molecule has 1 atom stereocenters. The number of sulfonamides is 1. The van der Waals surface area contributed by atoms with Crippen LogP contribution in [-0.2, 0) is 16.4 Å². The second kappa shape index (κ2) is 6.73. The lowest BCUT2D eigenvalue weighted by Crippen LogP contribution is -2.28. The second-order valence-corrected chi connectivity index (χ2v) is 7.55. The SMILES string of the molecule is CCc1ccc(S(=O)(=O)NCC(C)CCCl)s1. The predicted octanol–water partition coefficient (Wildman–Crippen LogP) is 2.85. The normalized spacial score (nSPS) is 13.8. The van der Waals surface area contributed by atoms with E-state index in [1.165, 1.54) is 11.3 Å². The Morgan fingerprint density at radius 2 is 2.18 bits per heavy atom. The Morgan fingerprint density at radius 3 is 2.71 bits per heavy atom. The maximum atomic E-state index is 11.9. The summed E-state index contributed by atoms with van der Waals surface area (Å²) in [7, 11) is -3.34. The minimum absolute atomic E-state index is 0.257. The van der Waals surface area contributed by atoms with Gasteiger partial charge in [-0.3, -0.25) is 0 Å². The third kappa shape index (κ3) is 4.58. The minimum atomic E-state index is -3.34. The number of hydrogen-bond donors (Lipinski definition) is 1. The van der Waals surface area contributed by atoms with Crippen molar-refractivity contribution in [3.63, 3.8) is 0 Å². The van der Waals surface area contributed by atoms with Crippen LogP contribution < -0.4 is 4.72 Å². The summed E-state index contributed by atoms with van der Waals surface area (Å²) in [6.45, 7) is 4.43. The molecule has 0 saturated heterocycles. The number of alkyl halides is 1. The van der Waals surface area contributed by atoms with E-state index in [2.05, 4.69) is 4.72 Å². The molecular weight excluding hydrogens is 278 g/mol. The van der Waals surface area contributed by atoms with Crippen LogP contribution in [0.5, 0.6) is 0 Å². The van der Waals surface area contributed by atoms with Crippen molar-refractivity contribution in [1.29, 1.82) is 0 Å². The topological polar surface area (TPSA) is 46.2 Å². The van der Waals surface area contributed by atoms with E-state index in [9.17, 15) is 8.42 Å². The van der Waals surface area contributed by atoms with Gasteiger partial charge >= 0.3 is 0 Å². The fraction of sp³-hybridized carbons (Fsp3) is 0.636. The van der Waals surface area contributed by atoms with Gasteiger partial charge in [-0.2, -0.15) is 0 Å². The molecule has 0 amide bonds. The molecule has 1 heterocycles. The number of aryl methyl sites for hydroxylation is 1. The predicted molar refractivity (Wildman–Crippen MR) is 73.4 cm³/mol. The lowest BCUT2D eigenvalue weighted by Gasteiger charge is -2.10. The Morgan fingerprint density at radius 1 is 1.47 bits per heavy atom. The Balaban J connectivity index is 2.62. The van der Waals surface area contributed by atoms with Crippen molar-refractivity contribution < 1.29 is 8.42 Å². The number of nitrogens with one attached hydrogen (secondary N) is 1. The first-order valence-corrected chi connectivity index (χ1v) is 8.47. The van der Waals surface area contributed by atoms with Crippen LogP contribution in [0.15, 0.2) is 16.3 Å². The van der Waals surface area contributed by atoms with Crippen LogP contribution in [-0.4, -0.2) is 20.8 Å². The molecular formula is C11H18ClNO2S2. The van der Waals surface area contributed by atoms with Crippen molar-refractivity contribution in [2.45, 2.75) is 30.9 Å². The zero-order valence-electron chi connectivity index (χ0n) is 10.1. The van der Waals surface area contributed by atoms with Crippen LogP contribution in [0.25, 0.3) is 0 Å². The van der Waals surface area contributed by atoms with Crippen LogP contribution in [0, 0.1) is 5.92 Å². The zero-order chi connectivity index (χ0) is 12.9. The van der Waals surface area contributed by atoms with Crippen LogP contribution in [0.4, 0.5) is 0 Å². The highest BCUT2D eigenvalue weighted by Gasteiger charge is 2.17. The summed E-state index contributed by atoms with van der Waals surface area (Å²) in [5.74, 6) is 0.815. The van der Waals surface area contributed by atoms with Crippen molar-refractivity contribution in [3.8, 4) is 0 Å². The van der Waals surface area contributed by atoms with Gasteiger partial charge in [-0.15, -0.1) is 22.9 Å². The monoisotopic (exact) mass is 295 g/mol. The van der Waals surface area contributed by atoms with Gasteiger partial charge in [-0.05, 0) is 30.9 Å². The average Bonchev–Trinajstić information content (AvgIpc) is 2.76. The van der Waals surface area contributed by atoms with E-state index in [-0.39, 0.29) is 5.92 Å². The first-order valence-electron chi connectivity index (χ1n) is 5.64. The van der Waals surface area contributed by atoms with E-state index < -0.39 is 10.0 Å². The number of rotatable bonds is 7. The van der Waals surface area contributed by atoms with Gasteiger partial charge in [0, 0.05) is 17.3 Å². The van der Waals surface area contributed by atoms with E-state index in [0.29, 0.717) is 16.6 Å². The Bertz CT molecular complexity index is 442. The molecule has 0 aromatic carbocycles. The van der Waals surface area contributed by atoms with E-state index in [1.807, 2.05) is 19.9 Å². The summed E-state index contributed by atoms with van der Waals surface area (Å²) in [4.78, 5) is 1.08. The van der Waals surface area contributed by atoms with Crippen molar-refractivity contribution in [1.82, 2.24) is 4.72 Å². The second-order valence-electron chi connectivity index (χ2n) is 4.01. The molecule has 0 spiro atoms. The summed E-state index contributed by atoms with van der Waals surface area (Å²) in [6.07, 6.45) is 1.68. The van der Waals surface area contributed by atoms with E-state index in [1.54, 1.807) is 6.07 Å². The van der Waals surface area contributed by atoms with Gasteiger partial charge in [-0.1, -0.05) is 13.8 Å². The number of hydrogen-bond acceptors (Lipinski definition) is 3. The van der Waals surface area contributed by atoms with E-state index in [0.717, 1.165) is 17.7 Å². The highest BCUT2D eigenvalue weighted by atomic mass is 35.5. The summed E-state index contributed by atoms with van der Waals surface area (Å²) in [5.41, 5.74) is 0. The molecule has 1 aromatic rings. The van der Waals surface area contributed by atoms with Gasteiger partial charge in [-0.25, -0.2) is 13.1 Å². The first-order chi connectivity index (χ1) is 7.99. The maximum absolute atomic E-state index is 11.9. The fourth-order valence-electron chi connectivity index (χ4n) is 1.30. The van der Waals surface area contributed by atoms with Crippen LogP contribution in [0.1, 0.15) is 25.1 Å². The van der Waals surface area contributed by atoms with E-state index in [4.69, 9.17) is 11.6 Å². The average molecular weight is 296 g/mol. The van der Waals surface area contributed by atoms with Crippen LogP contribution in [0.3, 0.4) is 0 Å². The molecule has 1 unspecified atom stereocenters. The summed E-state index contributed by atoms with van der Waals surface area (Å²) in [6, 6.07) is 3.53. The van der Waals surface area contributed by atoms with Crippen molar-refractivity contribution in [3.05, 3.63) is 17.0 Å². The largest absolute Gasteiger partial charge is 0.250 e. The molecule has 0 saturated carbocycles. The smallest absolute Gasteiger partial charge is 0.210 e. The van der Waals surface area contributed by atoms with Gasteiger partial charge in [0.2, 0.25) is 10.0 Å². The summed E-state index contributed by atoms with van der Waals surface area (Å²) >= 11 is 6.94. The highest BCUT2D eigenvalue weighted by Crippen LogP contribution is 2.21. The minimum Gasteiger partial charge on any atom is -0.210 e. The molecule has 6 heteroatoms.